The number of hydrogen-bond acceptors (Lipinski definition) is 3. The molecule has 3 rings (SSSR count). The van der Waals surface area contributed by atoms with E-state index >= 15 is 0 Å². The van der Waals surface area contributed by atoms with Crippen LogP contribution in [0.2, 0.25) is 0 Å². The fourth-order valence-electron chi connectivity index (χ4n) is 2.32. The van der Waals surface area contributed by atoms with Crippen molar-refractivity contribution >= 4 is 6.03 Å². The zero-order valence-corrected chi connectivity index (χ0v) is 12.0. The van der Waals surface area contributed by atoms with Crippen molar-refractivity contribution in [2.45, 2.75) is 32.4 Å². The average molecular weight is 285 g/mol. The fraction of sp³-hybridized carbons (Fsp3) is 0.400. The van der Waals surface area contributed by atoms with Gasteiger partial charge in [-0.25, -0.2) is 14.5 Å². The summed E-state index contributed by atoms with van der Waals surface area (Å²) in [4.78, 5) is 16.2. The second kappa shape index (κ2) is 5.95. The van der Waals surface area contributed by atoms with E-state index in [1.165, 1.54) is 12.8 Å². The quantitative estimate of drug-likeness (QED) is 0.881. The molecule has 2 amide bonds. The molecule has 0 bridgehead atoms. The zero-order valence-electron chi connectivity index (χ0n) is 12.0. The molecule has 1 fully saturated rings. The van der Waals surface area contributed by atoms with Gasteiger partial charge in [0.2, 0.25) is 0 Å². The van der Waals surface area contributed by atoms with Gasteiger partial charge >= 0.3 is 6.03 Å². The first-order valence-electron chi connectivity index (χ1n) is 7.22. The molecule has 2 heterocycles. The second-order valence-electron chi connectivity index (χ2n) is 5.39. The van der Waals surface area contributed by atoms with Crippen LogP contribution < -0.4 is 10.6 Å². The summed E-state index contributed by atoms with van der Waals surface area (Å²) in [5, 5.41) is 10.0. The van der Waals surface area contributed by atoms with E-state index in [4.69, 9.17) is 0 Å². The Hall–Kier alpha value is -2.37. The predicted molar refractivity (Wildman–Crippen MR) is 78.9 cm³/mol. The van der Waals surface area contributed by atoms with Crippen LogP contribution >= 0.6 is 0 Å². The van der Waals surface area contributed by atoms with Crippen LogP contribution in [-0.2, 0) is 6.54 Å². The molecule has 0 aromatic carbocycles. The third-order valence-corrected chi connectivity index (χ3v) is 3.72. The van der Waals surface area contributed by atoms with Crippen molar-refractivity contribution in [1.29, 1.82) is 0 Å². The monoisotopic (exact) mass is 285 g/mol. The van der Waals surface area contributed by atoms with Crippen LogP contribution in [0.4, 0.5) is 4.79 Å². The lowest BCUT2D eigenvalue weighted by molar-refractivity contribution is 0.236. The molecule has 1 aliphatic carbocycles. The minimum Gasteiger partial charge on any atom is -0.335 e. The van der Waals surface area contributed by atoms with Crippen molar-refractivity contribution in [3.8, 4) is 5.82 Å². The second-order valence-corrected chi connectivity index (χ2v) is 5.39. The Kier molecular flexibility index (Phi) is 3.85. The normalized spacial score (nSPS) is 15.5. The molecule has 1 saturated carbocycles. The maximum absolute atomic E-state index is 11.9. The summed E-state index contributed by atoms with van der Waals surface area (Å²) in [7, 11) is 0. The molecule has 1 atom stereocenters. The van der Waals surface area contributed by atoms with E-state index < -0.39 is 0 Å². The van der Waals surface area contributed by atoms with Crippen LogP contribution in [-0.4, -0.2) is 26.8 Å². The number of amides is 2. The van der Waals surface area contributed by atoms with Gasteiger partial charge in [-0.3, -0.25) is 0 Å². The lowest BCUT2D eigenvalue weighted by atomic mass is 10.2. The van der Waals surface area contributed by atoms with Crippen molar-refractivity contribution in [1.82, 2.24) is 25.4 Å². The molecule has 1 aliphatic rings. The van der Waals surface area contributed by atoms with Gasteiger partial charge in [0, 0.05) is 36.7 Å². The van der Waals surface area contributed by atoms with Gasteiger partial charge in [0.25, 0.3) is 0 Å². The first-order chi connectivity index (χ1) is 10.2. The van der Waals surface area contributed by atoms with Gasteiger partial charge in [-0.2, -0.15) is 5.10 Å². The summed E-state index contributed by atoms with van der Waals surface area (Å²) in [6.45, 7) is 2.47. The van der Waals surface area contributed by atoms with E-state index in [9.17, 15) is 4.79 Å². The average Bonchev–Trinajstić information content (AvgIpc) is 3.21. The topological polar surface area (TPSA) is 71.8 Å². The molecular formula is C15H19N5O. The highest BCUT2D eigenvalue weighted by Gasteiger charge is 2.28. The number of carbonyl (C=O) groups is 1. The molecule has 0 aliphatic heterocycles. The van der Waals surface area contributed by atoms with Crippen molar-refractivity contribution in [3.63, 3.8) is 0 Å². The summed E-state index contributed by atoms with van der Waals surface area (Å²) in [5.74, 6) is 1.38. The number of hydrogen-bond donors (Lipinski definition) is 2. The molecule has 110 valence electrons. The Morgan fingerprint density at radius 2 is 2.29 bits per heavy atom. The lowest BCUT2D eigenvalue weighted by Crippen LogP contribution is -2.41. The van der Waals surface area contributed by atoms with Crippen LogP contribution in [0.15, 0.2) is 36.8 Å². The zero-order chi connectivity index (χ0) is 14.7. The summed E-state index contributed by atoms with van der Waals surface area (Å²) >= 11 is 0. The molecular weight excluding hydrogens is 266 g/mol. The minimum absolute atomic E-state index is 0.135. The van der Waals surface area contributed by atoms with Gasteiger partial charge in [-0.05, 0) is 37.8 Å². The number of nitrogens with one attached hydrogen (secondary N) is 2. The first kappa shape index (κ1) is 13.6. The number of carbonyl (C=O) groups excluding carboxylic acids is 1. The summed E-state index contributed by atoms with van der Waals surface area (Å²) < 4.78 is 1.70. The van der Waals surface area contributed by atoms with Crippen LogP contribution in [0.5, 0.6) is 0 Å². The molecule has 2 aromatic rings. The maximum Gasteiger partial charge on any atom is 0.315 e. The molecule has 2 aromatic heterocycles. The Bertz CT molecular complexity index is 606. The number of aromatic nitrogens is 3. The number of nitrogens with zero attached hydrogens (tertiary/aromatic N) is 3. The smallest absolute Gasteiger partial charge is 0.315 e. The van der Waals surface area contributed by atoms with Gasteiger partial charge < -0.3 is 10.6 Å². The molecule has 0 spiro atoms. The summed E-state index contributed by atoms with van der Waals surface area (Å²) in [5.41, 5.74) is 0.926. The van der Waals surface area contributed by atoms with Crippen molar-refractivity contribution in [3.05, 3.63) is 42.4 Å². The number of rotatable bonds is 5. The van der Waals surface area contributed by atoms with E-state index in [0.29, 0.717) is 12.5 Å². The van der Waals surface area contributed by atoms with Crippen LogP contribution in [0, 0.1) is 5.92 Å². The predicted octanol–water partition coefficient (Wildman–Crippen LogP) is 1.86. The Morgan fingerprint density at radius 3 is 3.00 bits per heavy atom. The molecule has 21 heavy (non-hydrogen) atoms. The van der Waals surface area contributed by atoms with Gasteiger partial charge in [-0.15, -0.1) is 0 Å². The van der Waals surface area contributed by atoms with E-state index in [1.54, 1.807) is 17.1 Å². The number of urea groups is 1. The van der Waals surface area contributed by atoms with Gasteiger partial charge in [0.15, 0.2) is 5.82 Å². The van der Waals surface area contributed by atoms with Crippen molar-refractivity contribution in [2.24, 2.45) is 5.92 Å². The molecule has 6 nitrogen and oxygen atoms in total. The van der Waals surface area contributed by atoms with E-state index in [1.807, 2.05) is 24.4 Å². The fourth-order valence-corrected chi connectivity index (χ4v) is 2.32. The highest BCUT2D eigenvalue weighted by molar-refractivity contribution is 5.74. The molecule has 0 saturated heterocycles. The van der Waals surface area contributed by atoms with Crippen LogP contribution in [0.1, 0.15) is 25.3 Å². The highest BCUT2D eigenvalue weighted by Crippen LogP contribution is 2.32. The van der Waals surface area contributed by atoms with E-state index in [0.717, 1.165) is 11.4 Å². The Morgan fingerprint density at radius 1 is 1.43 bits per heavy atom. The van der Waals surface area contributed by atoms with Gasteiger partial charge in [0.05, 0.1) is 0 Å². The van der Waals surface area contributed by atoms with Gasteiger partial charge in [0.1, 0.15) is 0 Å². The van der Waals surface area contributed by atoms with E-state index in [-0.39, 0.29) is 12.1 Å². The van der Waals surface area contributed by atoms with Crippen LogP contribution in [0.25, 0.3) is 5.82 Å². The molecule has 6 heteroatoms. The molecule has 1 unspecified atom stereocenters. The third kappa shape index (κ3) is 3.39. The molecule has 2 N–H and O–H groups in total. The third-order valence-electron chi connectivity index (χ3n) is 3.72. The maximum atomic E-state index is 11.9. The van der Waals surface area contributed by atoms with Gasteiger partial charge in [-0.1, -0.05) is 6.07 Å². The Labute approximate surface area is 123 Å². The molecule has 0 radical (unpaired) electrons. The van der Waals surface area contributed by atoms with E-state index in [2.05, 4.69) is 27.6 Å². The largest absolute Gasteiger partial charge is 0.335 e. The lowest BCUT2D eigenvalue weighted by Gasteiger charge is -2.14. The highest BCUT2D eigenvalue weighted by atomic mass is 16.2. The Balaban J connectivity index is 1.61. The standard InChI is InChI=1S/C15H19N5O/c1-11(12-5-6-12)19-15(21)17-10-13-4-2-7-16-14(13)20-9-3-8-18-20/h2-4,7-9,11-12H,5-6,10H2,1H3,(H2,17,19,21). The minimum atomic E-state index is -0.135. The summed E-state index contributed by atoms with van der Waals surface area (Å²) in [6, 6.07) is 5.74. The number of pyridine rings is 1. The summed E-state index contributed by atoms with van der Waals surface area (Å²) in [6.07, 6.45) is 7.69. The SMILES string of the molecule is CC(NC(=O)NCc1cccnc1-n1cccn1)C1CC1. The van der Waals surface area contributed by atoms with Crippen LogP contribution in [0.3, 0.4) is 0 Å². The van der Waals surface area contributed by atoms with Crippen molar-refractivity contribution < 1.29 is 4.79 Å². The first-order valence-corrected chi connectivity index (χ1v) is 7.22. The van der Waals surface area contributed by atoms with Crippen molar-refractivity contribution in [2.75, 3.05) is 0 Å².